The van der Waals surface area contributed by atoms with Gasteiger partial charge in [-0.15, -0.1) is 0 Å². The number of aldehydes is 1. The summed E-state index contributed by atoms with van der Waals surface area (Å²) in [6, 6.07) is 5.58. The molecule has 0 saturated heterocycles. The maximum atomic E-state index is 10.7. The fraction of sp³-hybridized carbons (Fsp3) is 0.100. The van der Waals surface area contributed by atoms with E-state index in [1.54, 1.807) is 6.07 Å². The van der Waals surface area contributed by atoms with E-state index in [1.165, 1.54) is 0 Å². The highest BCUT2D eigenvalue weighted by atomic mass is 35.5. The van der Waals surface area contributed by atoms with Crippen molar-refractivity contribution in [1.82, 2.24) is 0 Å². The Balaban J connectivity index is 2.96. The van der Waals surface area contributed by atoms with Crippen LogP contribution in [0.1, 0.15) is 15.9 Å². The Labute approximate surface area is 80.1 Å². The van der Waals surface area contributed by atoms with Crippen molar-refractivity contribution >= 4 is 28.9 Å². The first-order valence-electron chi connectivity index (χ1n) is 3.87. The molecule has 0 unspecified atom stereocenters. The standard InChI is InChI=1S/C10H7ClO2/c1-6-3-2-4-8-9(6)7(5-12)10(11)13-8/h2-5H,1H3. The fourth-order valence-electron chi connectivity index (χ4n) is 1.43. The molecule has 0 aliphatic heterocycles. The molecular weight excluding hydrogens is 188 g/mol. The quantitative estimate of drug-likeness (QED) is 0.653. The molecule has 2 nitrogen and oxygen atoms in total. The number of aryl methyl sites for hydroxylation is 1. The van der Waals surface area contributed by atoms with Gasteiger partial charge in [-0.05, 0) is 30.2 Å². The molecule has 0 spiro atoms. The van der Waals surface area contributed by atoms with Gasteiger partial charge in [0.2, 0.25) is 5.22 Å². The summed E-state index contributed by atoms with van der Waals surface area (Å²) in [5.74, 6) is 0. The number of hydrogen-bond acceptors (Lipinski definition) is 2. The molecule has 1 aromatic heterocycles. The monoisotopic (exact) mass is 194 g/mol. The largest absolute Gasteiger partial charge is 0.444 e. The van der Waals surface area contributed by atoms with E-state index in [-0.39, 0.29) is 5.22 Å². The Morgan fingerprint density at radius 1 is 1.46 bits per heavy atom. The highest BCUT2D eigenvalue weighted by Crippen LogP contribution is 2.30. The molecule has 0 aliphatic rings. The van der Waals surface area contributed by atoms with E-state index in [4.69, 9.17) is 16.0 Å². The first-order chi connectivity index (χ1) is 6.24. The Morgan fingerprint density at radius 2 is 2.23 bits per heavy atom. The maximum Gasteiger partial charge on any atom is 0.205 e. The minimum atomic E-state index is 0.166. The summed E-state index contributed by atoms with van der Waals surface area (Å²) in [6.07, 6.45) is 0.723. The van der Waals surface area contributed by atoms with Crippen molar-refractivity contribution in [2.45, 2.75) is 6.92 Å². The lowest BCUT2D eigenvalue weighted by atomic mass is 10.1. The van der Waals surface area contributed by atoms with Crippen molar-refractivity contribution in [3.63, 3.8) is 0 Å². The molecule has 2 aromatic rings. The highest BCUT2D eigenvalue weighted by molar-refractivity contribution is 6.33. The van der Waals surface area contributed by atoms with Gasteiger partial charge in [-0.2, -0.15) is 0 Å². The van der Waals surface area contributed by atoms with Crippen molar-refractivity contribution in [1.29, 1.82) is 0 Å². The van der Waals surface area contributed by atoms with E-state index in [0.717, 1.165) is 17.2 Å². The van der Waals surface area contributed by atoms with Crippen molar-refractivity contribution in [3.05, 3.63) is 34.5 Å². The van der Waals surface area contributed by atoms with Gasteiger partial charge in [-0.25, -0.2) is 0 Å². The van der Waals surface area contributed by atoms with E-state index in [2.05, 4.69) is 0 Å². The lowest BCUT2D eigenvalue weighted by molar-refractivity contribution is 0.112. The summed E-state index contributed by atoms with van der Waals surface area (Å²) in [5, 5.41) is 0.974. The zero-order valence-corrected chi connectivity index (χ0v) is 7.76. The van der Waals surface area contributed by atoms with Gasteiger partial charge in [0.25, 0.3) is 0 Å². The second kappa shape index (κ2) is 2.89. The van der Waals surface area contributed by atoms with Crippen LogP contribution in [0.4, 0.5) is 0 Å². The molecule has 0 aliphatic carbocycles. The number of fused-ring (bicyclic) bond motifs is 1. The second-order valence-corrected chi connectivity index (χ2v) is 3.20. The molecule has 0 N–H and O–H groups in total. The van der Waals surface area contributed by atoms with Gasteiger partial charge >= 0.3 is 0 Å². The van der Waals surface area contributed by atoms with E-state index >= 15 is 0 Å². The minimum Gasteiger partial charge on any atom is -0.444 e. The predicted octanol–water partition coefficient (Wildman–Crippen LogP) is 3.21. The lowest BCUT2D eigenvalue weighted by Crippen LogP contribution is -1.79. The second-order valence-electron chi connectivity index (χ2n) is 2.86. The zero-order chi connectivity index (χ0) is 9.42. The Morgan fingerprint density at radius 3 is 2.92 bits per heavy atom. The number of benzene rings is 1. The van der Waals surface area contributed by atoms with Gasteiger partial charge in [0.15, 0.2) is 6.29 Å². The van der Waals surface area contributed by atoms with Gasteiger partial charge in [0.05, 0.1) is 5.56 Å². The van der Waals surface area contributed by atoms with Crippen LogP contribution in [-0.2, 0) is 0 Å². The average molecular weight is 195 g/mol. The Bertz CT molecular complexity index is 471. The van der Waals surface area contributed by atoms with Crippen molar-refractivity contribution in [3.8, 4) is 0 Å². The number of furan rings is 1. The third-order valence-electron chi connectivity index (χ3n) is 2.03. The van der Waals surface area contributed by atoms with Crippen LogP contribution < -0.4 is 0 Å². The van der Waals surface area contributed by atoms with Crippen LogP contribution in [0.5, 0.6) is 0 Å². The minimum absolute atomic E-state index is 0.166. The van der Waals surface area contributed by atoms with Crippen LogP contribution in [0.25, 0.3) is 11.0 Å². The normalized spacial score (nSPS) is 10.6. The van der Waals surface area contributed by atoms with Gasteiger partial charge < -0.3 is 4.42 Å². The number of carbonyl (C=O) groups excluding carboxylic acids is 1. The van der Waals surface area contributed by atoms with E-state index in [1.807, 2.05) is 19.1 Å². The molecule has 13 heavy (non-hydrogen) atoms. The number of rotatable bonds is 1. The number of halogens is 1. The van der Waals surface area contributed by atoms with Crippen molar-refractivity contribution in [2.75, 3.05) is 0 Å². The van der Waals surface area contributed by atoms with Crippen molar-refractivity contribution in [2.24, 2.45) is 0 Å². The van der Waals surface area contributed by atoms with Crippen LogP contribution in [0.2, 0.25) is 5.22 Å². The summed E-state index contributed by atoms with van der Waals surface area (Å²) in [6.45, 7) is 1.92. The summed E-state index contributed by atoms with van der Waals surface area (Å²) in [7, 11) is 0. The molecule has 1 aromatic carbocycles. The van der Waals surface area contributed by atoms with E-state index in [0.29, 0.717) is 11.1 Å². The smallest absolute Gasteiger partial charge is 0.205 e. The van der Waals surface area contributed by atoms with Crippen LogP contribution in [0, 0.1) is 6.92 Å². The van der Waals surface area contributed by atoms with Crippen LogP contribution in [0.3, 0.4) is 0 Å². The van der Waals surface area contributed by atoms with E-state index in [9.17, 15) is 4.79 Å². The predicted molar refractivity (Wildman–Crippen MR) is 51.3 cm³/mol. The molecule has 0 bridgehead atoms. The maximum absolute atomic E-state index is 10.7. The lowest BCUT2D eigenvalue weighted by Gasteiger charge is -1.93. The topological polar surface area (TPSA) is 30.2 Å². The molecule has 66 valence electrons. The van der Waals surface area contributed by atoms with Crippen LogP contribution >= 0.6 is 11.6 Å². The molecular formula is C10H7ClO2. The SMILES string of the molecule is Cc1cccc2oc(Cl)c(C=O)c12. The summed E-state index contributed by atoms with van der Waals surface area (Å²) >= 11 is 5.74. The molecule has 0 atom stereocenters. The molecule has 1 heterocycles. The Kier molecular flexibility index (Phi) is 1.85. The van der Waals surface area contributed by atoms with Gasteiger partial charge in [0, 0.05) is 5.39 Å². The third-order valence-corrected chi connectivity index (χ3v) is 2.31. The molecule has 0 radical (unpaired) electrons. The van der Waals surface area contributed by atoms with Gasteiger partial charge in [0.1, 0.15) is 5.58 Å². The van der Waals surface area contributed by atoms with Gasteiger partial charge in [-0.1, -0.05) is 12.1 Å². The zero-order valence-electron chi connectivity index (χ0n) is 7.00. The molecule has 0 saturated carbocycles. The molecule has 0 amide bonds. The Hall–Kier alpha value is -1.28. The number of carbonyl (C=O) groups is 1. The first kappa shape index (κ1) is 8.32. The van der Waals surface area contributed by atoms with Crippen LogP contribution in [0.15, 0.2) is 22.6 Å². The molecule has 0 fully saturated rings. The number of hydrogen-bond donors (Lipinski definition) is 0. The van der Waals surface area contributed by atoms with Crippen molar-refractivity contribution < 1.29 is 9.21 Å². The van der Waals surface area contributed by atoms with E-state index < -0.39 is 0 Å². The first-order valence-corrected chi connectivity index (χ1v) is 4.24. The third kappa shape index (κ3) is 1.14. The summed E-state index contributed by atoms with van der Waals surface area (Å²) in [4.78, 5) is 10.7. The fourth-order valence-corrected chi connectivity index (χ4v) is 1.65. The summed E-state index contributed by atoms with van der Waals surface area (Å²) in [5.41, 5.74) is 2.09. The van der Waals surface area contributed by atoms with Crippen LogP contribution in [-0.4, -0.2) is 6.29 Å². The average Bonchev–Trinajstić information content (AvgIpc) is 2.42. The summed E-state index contributed by atoms with van der Waals surface area (Å²) < 4.78 is 5.20. The van der Waals surface area contributed by atoms with Gasteiger partial charge in [-0.3, -0.25) is 4.79 Å². The molecule has 3 heteroatoms. The molecule has 2 rings (SSSR count). The highest BCUT2D eigenvalue weighted by Gasteiger charge is 2.12.